The summed E-state index contributed by atoms with van der Waals surface area (Å²) in [5, 5.41) is 5.57. The molecule has 204 valence electrons. The van der Waals surface area contributed by atoms with Gasteiger partial charge in [-0.1, -0.05) is 30.0 Å². The van der Waals surface area contributed by atoms with Gasteiger partial charge in [0.25, 0.3) is 0 Å². The van der Waals surface area contributed by atoms with Gasteiger partial charge in [-0.3, -0.25) is 14.7 Å². The first-order valence-electron chi connectivity index (χ1n) is 12.8. The molecular formula is C25H37FN5O3PS2. The van der Waals surface area contributed by atoms with Crippen molar-refractivity contribution in [2.75, 3.05) is 24.2 Å². The monoisotopic (exact) mass is 569 g/mol. The average Bonchev–Trinajstić information content (AvgIpc) is 3.35. The van der Waals surface area contributed by atoms with E-state index in [1.807, 2.05) is 0 Å². The lowest BCUT2D eigenvalue weighted by atomic mass is 9.91. The number of alkyl halides is 1. The number of nitrogens with zero attached hydrogens (tertiary/aromatic N) is 3. The van der Waals surface area contributed by atoms with E-state index in [9.17, 15) is 17.6 Å². The molecule has 2 aliphatic rings. The average molecular weight is 570 g/mol. The van der Waals surface area contributed by atoms with Crippen LogP contribution in [-0.4, -0.2) is 59.5 Å². The molecule has 2 aromatic rings. The maximum atomic E-state index is 14.3. The number of carbonyl (C=O) groups is 1. The number of rotatable bonds is 9. The van der Waals surface area contributed by atoms with Crippen LogP contribution in [0.2, 0.25) is 0 Å². The Hall–Kier alpha value is -1.52. The summed E-state index contributed by atoms with van der Waals surface area (Å²) in [4.78, 5) is 25.4. The summed E-state index contributed by atoms with van der Waals surface area (Å²) in [5.41, 5.74) is 1.53. The summed E-state index contributed by atoms with van der Waals surface area (Å²) >= 11 is 1.51. The number of fused-ring (bicyclic) bond motifs is 1. The third-order valence-corrected chi connectivity index (χ3v) is 10.3. The molecule has 1 amide bonds. The SMILES string of the molecule is CCS(=O)(=O)c1ccc(CC(=O)Nc2nc3c(s2)CN(C[C@@H]2CCC(C(C)(F)P)NC2)C3C(C)C)nc1. The van der Waals surface area contributed by atoms with E-state index in [-0.39, 0.29) is 35.1 Å². The number of sulfone groups is 1. The maximum absolute atomic E-state index is 14.3. The Labute approximate surface area is 225 Å². The number of thiazole rings is 1. The van der Waals surface area contributed by atoms with Crippen LogP contribution >= 0.6 is 20.6 Å². The summed E-state index contributed by atoms with van der Waals surface area (Å²) in [6, 6.07) is 3.12. The molecule has 0 saturated carbocycles. The smallest absolute Gasteiger partial charge is 0.232 e. The van der Waals surface area contributed by atoms with Crippen LogP contribution < -0.4 is 10.6 Å². The molecule has 1 fully saturated rings. The van der Waals surface area contributed by atoms with Crippen LogP contribution in [0.4, 0.5) is 9.52 Å². The molecule has 0 bridgehead atoms. The van der Waals surface area contributed by atoms with Crippen molar-refractivity contribution in [1.29, 1.82) is 0 Å². The molecular weight excluding hydrogens is 532 g/mol. The Balaban J connectivity index is 1.35. The van der Waals surface area contributed by atoms with Gasteiger partial charge >= 0.3 is 0 Å². The number of hydrogen-bond donors (Lipinski definition) is 2. The topological polar surface area (TPSA) is 104 Å². The molecule has 2 N–H and O–H groups in total. The van der Waals surface area contributed by atoms with Crippen molar-refractivity contribution in [3.8, 4) is 0 Å². The van der Waals surface area contributed by atoms with Crippen LogP contribution in [0.5, 0.6) is 0 Å². The van der Waals surface area contributed by atoms with Crippen molar-refractivity contribution < 1.29 is 17.6 Å². The molecule has 4 heterocycles. The predicted octanol–water partition coefficient (Wildman–Crippen LogP) is 3.95. The van der Waals surface area contributed by atoms with Crippen LogP contribution in [0, 0.1) is 11.8 Å². The number of halogens is 1. The number of nitrogens with one attached hydrogen (secondary N) is 2. The van der Waals surface area contributed by atoms with E-state index in [0.717, 1.165) is 38.2 Å². The minimum Gasteiger partial charge on any atom is -0.310 e. The summed E-state index contributed by atoms with van der Waals surface area (Å²) < 4.78 is 38.2. The first-order chi connectivity index (χ1) is 17.4. The van der Waals surface area contributed by atoms with E-state index >= 15 is 0 Å². The molecule has 0 spiro atoms. The van der Waals surface area contributed by atoms with E-state index in [0.29, 0.717) is 22.7 Å². The molecule has 0 aromatic carbocycles. The summed E-state index contributed by atoms with van der Waals surface area (Å²) in [6.45, 7) is 10.1. The van der Waals surface area contributed by atoms with E-state index in [1.54, 1.807) is 19.9 Å². The molecule has 2 aromatic heterocycles. The van der Waals surface area contributed by atoms with Crippen molar-refractivity contribution in [1.82, 2.24) is 20.2 Å². The van der Waals surface area contributed by atoms with Crippen LogP contribution in [0.25, 0.3) is 0 Å². The first kappa shape index (κ1) is 28.5. The Bertz CT molecular complexity index is 1210. The summed E-state index contributed by atoms with van der Waals surface area (Å²) in [5.74, 6) is 0.594. The summed E-state index contributed by atoms with van der Waals surface area (Å²) in [6.07, 6.45) is 3.17. The van der Waals surface area contributed by atoms with E-state index in [4.69, 9.17) is 4.98 Å². The molecule has 4 rings (SSSR count). The highest BCUT2D eigenvalue weighted by molar-refractivity contribution is 7.91. The number of pyridine rings is 1. The van der Waals surface area contributed by atoms with Crippen LogP contribution in [0.1, 0.15) is 62.8 Å². The third-order valence-electron chi connectivity index (χ3n) is 7.19. The number of anilines is 1. The second kappa shape index (κ2) is 11.3. The van der Waals surface area contributed by atoms with Crippen molar-refractivity contribution in [2.45, 2.75) is 75.9 Å². The highest BCUT2D eigenvalue weighted by atomic mass is 32.2. The number of hydrogen-bond acceptors (Lipinski definition) is 8. The standard InChI is InChI=1S/C25H37FN5O3PS2/c1-5-37(33,34)18-8-7-17(27-12-18)10-21(32)29-24-30-22-19(36-24)14-31(23(22)15(2)3)13-16-6-9-20(28-11-16)25(4,26)35/h7-8,12,15-16,20,23,28H,5-6,9-11,13-14,35H2,1-4H3,(H,29,30,32)/t16-,20?,23?,25?/m1/s1. The molecule has 0 aliphatic carbocycles. The second-order valence-corrected chi connectivity index (χ2v) is 15.1. The van der Waals surface area contributed by atoms with Gasteiger partial charge in [-0.2, -0.15) is 0 Å². The van der Waals surface area contributed by atoms with Gasteiger partial charge in [0.2, 0.25) is 5.91 Å². The zero-order valence-corrected chi connectivity index (χ0v) is 24.6. The van der Waals surface area contributed by atoms with Crippen LogP contribution in [-0.2, 0) is 27.6 Å². The fourth-order valence-electron chi connectivity index (χ4n) is 5.21. The maximum Gasteiger partial charge on any atom is 0.232 e. The quantitative estimate of drug-likeness (QED) is 0.441. The molecule has 8 nitrogen and oxygen atoms in total. The molecule has 37 heavy (non-hydrogen) atoms. The largest absolute Gasteiger partial charge is 0.310 e. The minimum atomic E-state index is -3.32. The number of carbonyl (C=O) groups excluding carboxylic acids is 1. The first-order valence-corrected chi connectivity index (χ1v) is 15.8. The van der Waals surface area contributed by atoms with Crippen molar-refractivity contribution in [3.63, 3.8) is 0 Å². The van der Waals surface area contributed by atoms with Gasteiger partial charge in [0.1, 0.15) is 5.41 Å². The van der Waals surface area contributed by atoms with E-state index in [1.165, 1.54) is 28.5 Å². The fourth-order valence-corrected chi connectivity index (χ4v) is 7.36. The highest BCUT2D eigenvalue weighted by Gasteiger charge is 2.39. The highest BCUT2D eigenvalue weighted by Crippen LogP contribution is 2.43. The zero-order valence-electron chi connectivity index (χ0n) is 21.8. The van der Waals surface area contributed by atoms with Crippen molar-refractivity contribution in [3.05, 3.63) is 34.6 Å². The van der Waals surface area contributed by atoms with Gasteiger partial charge in [0.05, 0.1) is 28.8 Å². The minimum absolute atomic E-state index is 0.00671. The molecule has 2 aliphatic heterocycles. The normalized spacial score (nSPS) is 24.1. The Morgan fingerprint density at radius 1 is 1.38 bits per heavy atom. The number of aromatic nitrogens is 2. The van der Waals surface area contributed by atoms with Crippen LogP contribution in [0.3, 0.4) is 0 Å². The Morgan fingerprint density at radius 3 is 2.70 bits per heavy atom. The van der Waals surface area contributed by atoms with E-state index < -0.39 is 15.2 Å². The molecule has 12 heteroatoms. The van der Waals surface area contributed by atoms with Crippen molar-refractivity contribution in [2.24, 2.45) is 11.8 Å². The predicted molar refractivity (Wildman–Crippen MR) is 148 cm³/mol. The molecule has 1 saturated heterocycles. The Kier molecular flexibility index (Phi) is 8.70. The van der Waals surface area contributed by atoms with Crippen LogP contribution in [0.15, 0.2) is 23.2 Å². The van der Waals surface area contributed by atoms with Gasteiger partial charge in [0.15, 0.2) is 15.0 Å². The zero-order chi connectivity index (χ0) is 27.0. The fraction of sp³-hybridized carbons (Fsp3) is 0.640. The molecule has 0 radical (unpaired) electrons. The second-order valence-electron chi connectivity index (χ2n) is 10.6. The van der Waals surface area contributed by atoms with Gasteiger partial charge in [-0.15, -0.1) is 11.3 Å². The van der Waals surface area contributed by atoms with Gasteiger partial charge in [-0.05, 0) is 50.3 Å². The molecule has 5 atom stereocenters. The van der Waals surface area contributed by atoms with E-state index in [2.05, 4.69) is 43.6 Å². The van der Waals surface area contributed by atoms with Gasteiger partial charge in [0, 0.05) is 35.9 Å². The molecule has 4 unspecified atom stereocenters. The lowest BCUT2D eigenvalue weighted by Gasteiger charge is -2.38. The lowest BCUT2D eigenvalue weighted by Crippen LogP contribution is -2.49. The van der Waals surface area contributed by atoms with Gasteiger partial charge in [-0.25, -0.2) is 17.8 Å². The Morgan fingerprint density at radius 2 is 2.14 bits per heavy atom. The number of amides is 1. The van der Waals surface area contributed by atoms with Crippen molar-refractivity contribution >= 4 is 41.5 Å². The lowest BCUT2D eigenvalue weighted by molar-refractivity contribution is -0.115. The summed E-state index contributed by atoms with van der Waals surface area (Å²) in [7, 11) is -1.01. The van der Waals surface area contributed by atoms with Gasteiger partial charge < -0.3 is 10.6 Å². The third kappa shape index (κ3) is 6.74. The number of piperidine rings is 1.